The van der Waals surface area contributed by atoms with E-state index in [1.54, 1.807) is 0 Å². The normalized spacial score (nSPS) is 12.9. The van der Waals surface area contributed by atoms with E-state index in [2.05, 4.69) is 34.6 Å². The summed E-state index contributed by atoms with van der Waals surface area (Å²) in [5.74, 6) is -0.144. The SMILES string of the molecule is CCCCCCCCCCCCCOC(=O)C(=O)N(CC(CC)CCCC)CC(CC)CCCC. The van der Waals surface area contributed by atoms with Crippen LogP contribution < -0.4 is 0 Å². The van der Waals surface area contributed by atoms with Gasteiger partial charge in [-0.1, -0.05) is 137 Å². The predicted molar refractivity (Wildman–Crippen MR) is 151 cm³/mol. The zero-order chi connectivity index (χ0) is 26.2. The number of rotatable bonds is 24. The third-order valence-corrected chi connectivity index (χ3v) is 7.49. The highest BCUT2D eigenvalue weighted by Gasteiger charge is 2.27. The molecule has 2 unspecified atom stereocenters. The predicted octanol–water partition coefficient (Wildman–Crippen LogP) is 9.10. The summed E-state index contributed by atoms with van der Waals surface area (Å²) in [5.41, 5.74) is 0. The molecule has 0 aromatic rings. The quantitative estimate of drug-likeness (QED) is 0.0762. The van der Waals surface area contributed by atoms with E-state index in [9.17, 15) is 9.59 Å². The lowest BCUT2D eigenvalue weighted by molar-refractivity contribution is -0.161. The molecule has 0 radical (unpaired) electrons. The van der Waals surface area contributed by atoms with Crippen molar-refractivity contribution in [3.63, 3.8) is 0 Å². The van der Waals surface area contributed by atoms with Crippen molar-refractivity contribution in [1.29, 1.82) is 0 Å². The van der Waals surface area contributed by atoms with E-state index in [4.69, 9.17) is 4.74 Å². The average molecular weight is 496 g/mol. The van der Waals surface area contributed by atoms with Gasteiger partial charge in [-0.2, -0.15) is 0 Å². The van der Waals surface area contributed by atoms with Crippen molar-refractivity contribution in [2.45, 2.75) is 157 Å². The fourth-order valence-corrected chi connectivity index (χ4v) is 4.82. The lowest BCUT2D eigenvalue weighted by atomic mass is 9.95. The minimum absolute atomic E-state index is 0.371. The van der Waals surface area contributed by atoms with Crippen LogP contribution in [-0.2, 0) is 14.3 Å². The van der Waals surface area contributed by atoms with E-state index in [1.807, 2.05) is 4.90 Å². The molecule has 0 aliphatic rings. The fourth-order valence-electron chi connectivity index (χ4n) is 4.82. The first-order valence-electron chi connectivity index (χ1n) is 15.5. The van der Waals surface area contributed by atoms with Crippen molar-refractivity contribution in [1.82, 2.24) is 4.90 Å². The molecule has 35 heavy (non-hydrogen) atoms. The van der Waals surface area contributed by atoms with Gasteiger partial charge in [0.1, 0.15) is 0 Å². The minimum atomic E-state index is -0.646. The third kappa shape index (κ3) is 18.8. The molecule has 2 atom stereocenters. The van der Waals surface area contributed by atoms with Gasteiger partial charge in [0.2, 0.25) is 0 Å². The van der Waals surface area contributed by atoms with Crippen LogP contribution in [0.4, 0.5) is 0 Å². The Balaban J connectivity index is 4.43. The fraction of sp³-hybridized carbons (Fsp3) is 0.935. The molecular formula is C31H61NO3. The molecule has 0 aromatic heterocycles. The molecule has 0 saturated carbocycles. The second-order valence-corrected chi connectivity index (χ2v) is 10.7. The average Bonchev–Trinajstić information content (AvgIpc) is 2.87. The molecule has 0 spiro atoms. The maximum absolute atomic E-state index is 13.1. The summed E-state index contributed by atoms with van der Waals surface area (Å²) in [7, 11) is 0. The van der Waals surface area contributed by atoms with Crippen LogP contribution in [0.15, 0.2) is 0 Å². The van der Waals surface area contributed by atoms with Gasteiger partial charge in [-0.3, -0.25) is 4.79 Å². The van der Waals surface area contributed by atoms with Crippen molar-refractivity contribution in [2.75, 3.05) is 19.7 Å². The van der Waals surface area contributed by atoms with Crippen LogP contribution in [0.3, 0.4) is 0 Å². The van der Waals surface area contributed by atoms with Gasteiger partial charge in [0.15, 0.2) is 0 Å². The maximum atomic E-state index is 13.1. The molecule has 1 amide bonds. The van der Waals surface area contributed by atoms with E-state index in [0.29, 0.717) is 31.5 Å². The largest absolute Gasteiger partial charge is 0.459 e. The summed E-state index contributed by atoms with van der Waals surface area (Å²) in [6.07, 6.45) is 22.9. The Bertz CT molecular complexity index is 476. The van der Waals surface area contributed by atoms with Gasteiger partial charge in [-0.15, -0.1) is 0 Å². The summed E-state index contributed by atoms with van der Waals surface area (Å²) in [5, 5.41) is 0. The van der Waals surface area contributed by atoms with Crippen LogP contribution in [-0.4, -0.2) is 36.5 Å². The molecule has 0 aromatic carbocycles. The van der Waals surface area contributed by atoms with Gasteiger partial charge < -0.3 is 9.64 Å². The van der Waals surface area contributed by atoms with Crippen molar-refractivity contribution in [2.24, 2.45) is 11.8 Å². The van der Waals surface area contributed by atoms with E-state index >= 15 is 0 Å². The molecule has 0 N–H and O–H groups in total. The summed E-state index contributed by atoms with van der Waals surface area (Å²) < 4.78 is 5.43. The van der Waals surface area contributed by atoms with Gasteiger partial charge >= 0.3 is 11.9 Å². The number of nitrogens with zero attached hydrogens (tertiary/aromatic N) is 1. The number of amides is 1. The third-order valence-electron chi connectivity index (χ3n) is 7.49. The van der Waals surface area contributed by atoms with Crippen LogP contribution in [0.2, 0.25) is 0 Å². The molecule has 0 heterocycles. The molecule has 4 heteroatoms. The Morgan fingerprint density at radius 3 is 1.37 bits per heavy atom. The van der Waals surface area contributed by atoms with Crippen LogP contribution in [0.1, 0.15) is 157 Å². The van der Waals surface area contributed by atoms with E-state index in [-0.39, 0.29) is 0 Å². The Kier molecular flexibility index (Phi) is 23.9. The zero-order valence-electron chi connectivity index (χ0n) is 24.4. The van der Waals surface area contributed by atoms with Gasteiger partial charge in [-0.25, -0.2) is 4.79 Å². The van der Waals surface area contributed by atoms with Crippen LogP contribution in [0.25, 0.3) is 0 Å². The van der Waals surface area contributed by atoms with Crippen molar-refractivity contribution in [3.8, 4) is 0 Å². The monoisotopic (exact) mass is 495 g/mol. The summed E-state index contributed by atoms with van der Waals surface area (Å²) in [4.78, 5) is 27.5. The molecular weight excluding hydrogens is 434 g/mol. The Morgan fingerprint density at radius 2 is 0.971 bits per heavy atom. The highest BCUT2D eigenvalue weighted by molar-refractivity contribution is 6.32. The molecule has 0 aliphatic heterocycles. The lowest BCUT2D eigenvalue weighted by Gasteiger charge is -2.30. The Morgan fingerprint density at radius 1 is 0.571 bits per heavy atom. The highest BCUT2D eigenvalue weighted by atomic mass is 16.5. The number of carbonyl (C=O) groups is 2. The molecule has 0 fully saturated rings. The summed E-state index contributed by atoms with van der Waals surface area (Å²) >= 11 is 0. The van der Waals surface area contributed by atoms with Gasteiger partial charge in [0.05, 0.1) is 6.61 Å². The molecule has 0 saturated heterocycles. The smallest absolute Gasteiger partial charge is 0.397 e. The second kappa shape index (κ2) is 24.6. The number of hydrogen-bond acceptors (Lipinski definition) is 3. The topological polar surface area (TPSA) is 46.6 Å². The number of ether oxygens (including phenoxy) is 1. The molecule has 208 valence electrons. The van der Waals surface area contributed by atoms with Gasteiger partial charge in [0.25, 0.3) is 0 Å². The van der Waals surface area contributed by atoms with Crippen LogP contribution in [0.5, 0.6) is 0 Å². The standard InChI is InChI=1S/C31H61NO3/c1-6-11-14-15-16-17-18-19-20-21-22-25-35-31(34)30(33)32(26-28(9-4)23-12-7-2)27-29(10-5)24-13-8-3/h28-29H,6-27H2,1-5H3. The minimum Gasteiger partial charge on any atom is -0.459 e. The molecule has 4 nitrogen and oxygen atoms in total. The van der Waals surface area contributed by atoms with Crippen molar-refractivity contribution in [3.05, 3.63) is 0 Å². The van der Waals surface area contributed by atoms with Gasteiger partial charge in [-0.05, 0) is 31.1 Å². The first-order valence-corrected chi connectivity index (χ1v) is 15.5. The number of esters is 1. The summed E-state index contributed by atoms with van der Waals surface area (Å²) in [6, 6.07) is 0. The van der Waals surface area contributed by atoms with Crippen LogP contribution >= 0.6 is 0 Å². The molecule has 0 rings (SSSR count). The Labute approximate surface area is 219 Å². The van der Waals surface area contributed by atoms with Crippen molar-refractivity contribution >= 4 is 11.9 Å². The number of unbranched alkanes of at least 4 members (excludes halogenated alkanes) is 12. The lowest BCUT2D eigenvalue weighted by Crippen LogP contribution is -2.43. The number of carbonyl (C=O) groups excluding carboxylic acids is 2. The Hall–Kier alpha value is -1.06. The first-order chi connectivity index (χ1) is 17.0. The van der Waals surface area contributed by atoms with E-state index in [0.717, 1.165) is 38.5 Å². The first kappa shape index (κ1) is 33.9. The highest BCUT2D eigenvalue weighted by Crippen LogP contribution is 2.19. The van der Waals surface area contributed by atoms with Crippen LogP contribution in [0, 0.1) is 11.8 Å². The second-order valence-electron chi connectivity index (χ2n) is 10.7. The van der Waals surface area contributed by atoms with Gasteiger partial charge in [0, 0.05) is 13.1 Å². The number of hydrogen-bond donors (Lipinski definition) is 0. The van der Waals surface area contributed by atoms with Crippen molar-refractivity contribution < 1.29 is 14.3 Å². The molecule has 0 bridgehead atoms. The van der Waals surface area contributed by atoms with E-state index < -0.39 is 11.9 Å². The zero-order valence-corrected chi connectivity index (χ0v) is 24.4. The molecule has 0 aliphatic carbocycles. The maximum Gasteiger partial charge on any atom is 0.397 e. The summed E-state index contributed by atoms with van der Waals surface area (Å²) in [6.45, 7) is 12.8. The van der Waals surface area contributed by atoms with E-state index in [1.165, 1.54) is 83.5 Å².